The van der Waals surface area contributed by atoms with E-state index in [1.807, 2.05) is 0 Å². The van der Waals surface area contributed by atoms with Crippen molar-refractivity contribution in [3.8, 4) is 20.0 Å². The van der Waals surface area contributed by atoms with Gasteiger partial charge in [-0.05, 0) is 0 Å². The molecule has 3 rings (SSSR count). The van der Waals surface area contributed by atoms with E-state index >= 15 is 0 Å². The zero-order valence-corrected chi connectivity index (χ0v) is 18.0. The predicted octanol–water partition coefficient (Wildman–Crippen LogP) is 5.97. The second kappa shape index (κ2) is 9.45. The molecule has 0 aliphatic rings. The molecule has 0 spiro atoms. The van der Waals surface area contributed by atoms with Crippen LogP contribution in [0.3, 0.4) is 0 Å². The third-order valence-electron chi connectivity index (χ3n) is 3.81. The first-order valence-corrected chi connectivity index (χ1v) is 13.1. The quantitative estimate of drug-likeness (QED) is 0.281. The van der Waals surface area contributed by atoms with Crippen molar-refractivity contribution in [1.82, 2.24) is 0 Å². The molecule has 0 bridgehead atoms. The molecule has 0 radical (unpaired) electrons. The summed E-state index contributed by atoms with van der Waals surface area (Å²) < 4.78 is 6.93. The molecule has 3 aromatic rings. The molecule has 0 saturated heterocycles. The Bertz CT molecular complexity index is 772. The summed E-state index contributed by atoms with van der Waals surface area (Å²) in [6.07, 6.45) is 5.10. The average molecular weight is 493 g/mol. The van der Waals surface area contributed by atoms with E-state index in [0.29, 0.717) is 14.5 Å². The van der Waals surface area contributed by atoms with E-state index in [4.69, 9.17) is 0 Å². The Balaban J connectivity index is 1.92. The maximum absolute atomic E-state index is 2.49. The Morgan fingerprint density at radius 1 is 0.917 bits per heavy atom. The Morgan fingerprint density at radius 3 is 2.25 bits per heavy atom. The third-order valence-corrected chi connectivity index (χ3v) is 8.87. The zero-order valence-electron chi connectivity index (χ0n) is 13.9. The summed E-state index contributed by atoms with van der Waals surface area (Å²) >= 11 is 0.408. The summed E-state index contributed by atoms with van der Waals surface area (Å²) in [6, 6.07) is 24.2. The van der Waals surface area contributed by atoms with Gasteiger partial charge in [-0.1, -0.05) is 0 Å². The molecule has 0 aliphatic carbocycles. The fraction of sp³-hybridized carbons (Fsp3) is 0.182. The number of benzene rings is 2. The Morgan fingerprint density at radius 2 is 1.58 bits per heavy atom. The van der Waals surface area contributed by atoms with Crippen molar-refractivity contribution in [2.24, 2.45) is 0 Å². The van der Waals surface area contributed by atoms with Crippen molar-refractivity contribution in [2.75, 3.05) is 0 Å². The van der Waals surface area contributed by atoms with Crippen LogP contribution in [0, 0.1) is 0 Å². The first-order valence-electron chi connectivity index (χ1n) is 8.41. The number of hydrogen-bond donors (Lipinski definition) is 0. The standard InChI is InChI=1S/C22H22SeTe/c1-2-3-15-24-16-14-20-17-21(18-10-6-4-7-11-18)23-22(20)19-12-8-5-9-13-19/h4-14,16-17H,2-3,15H2,1H3/b16-14-. The van der Waals surface area contributed by atoms with Gasteiger partial charge >= 0.3 is 162 Å². The van der Waals surface area contributed by atoms with E-state index in [2.05, 4.69) is 83.9 Å². The molecule has 2 aromatic carbocycles. The molecule has 2 heteroatoms. The van der Waals surface area contributed by atoms with Crippen LogP contribution in [0.5, 0.6) is 0 Å². The Kier molecular flexibility index (Phi) is 7.00. The number of rotatable bonds is 7. The molecule has 0 nitrogen and oxygen atoms in total. The Hall–Kier alpha value is -1.03. The maximum atomic E-state index is 2.49. The van der Waals surface area contributed by atoms with E-state index < -0.39 is 0 Å². The van der Waals surface area contributed by atoms with Crippen LogP contribution in [0.15, 0.2) is 70.9 Å². The van der Waals surface area contributed by atoms with Gasteiger partial charge in [-0.2, -0.15) is 0 Å². The van der Waals surface area contributed by atoms with E-state index in [-0.39, 0.29) is 20.9 Å². The minimum absolute atomic E-state index is 0.0264. The monoisotopic (exact) mass is 496 g/mol. The average Bonchev–Trinajstić information content (AvgIpc) is 3.07. The van der Waals surface area contributed by atoms with E-state index in [9.17, 15) is 0 Å². The molecule has 0 atom stereocenters. The fourth-order valence-electron chi connectivity index (χ4n) is 2.51. The topological polar surface area (TPSA) is 0 Å². The van der Waals surface area contributed by atoms with Crippen molar-refractivity contribution in [1.29, 1.82) is 0 Å². The van der Waals surface area contributed by atoms with Crippen LogP contribution >= 0.6 is 0 Å². The minimum atomic E-state index is 0.0264. The number of hydrogen-bond acceptors (Lipinski definition) is 0. The normalized spacial score (nSPS) is 11.2. The predicted molar refractivity (Wildman–Crippen MR) is 109 cm³/mol. The zero-order chi connectivity index (χ0) is 16.6. The van der Waals surface area contributed by atoms with Gasteiger partial charge in [0.2, 0.25) is 0 Å². The van der Waals surface area contributed by atoms with Crippen molar-refractivity contribution >= 4 is 41.5 Å². The van der Waals surface area contributed by atoms with Gasteiger partial charge in [0, 0.05) is 0 Å². The Labute approximate surface area is 161 Å². The van der Waals surface area contributed by atoms with Gasteiger partial charge in [0.15, 0.2) is 0 Å². The first-order chi connectivity index (χ1) is 11.9. The molecule has 0 unspecified atom stereocenters. The molecule has 122 valence electrons. The van der Waals surface area contributed by atoms with Crippen LogP contribution in [0.1, 0.15) is 25.3 Å². The van der Waals surface area contributed by atoms with Gasteiger partial charge in [-0.3, -0.25) is 0 Å². The van der Waals surface area contributed by atoms with Gasteiger partial charge in [-0.15, -0.1) is 0 Å². The molecule has 0 saturated carbocycles. The summed E-state index contributed by atoms with van der Waals surface area (Å²) in [5.41, 5.74) is 4.19. The summed E-state index contributed by atoms with van der Waals surface area (Å²) in [6.45, 7) is 2.28. The molecule has 0 amide bonds. The third kappa shape index (κ3) is 4.75. The van der Waals surface area contributed by atoms with Crippen LogP contribution in [-0.4, -0.2) is 35.4 Å². The summed E-state index contributed by atoms with van der Waals surface area (Å²) in [4.78, 5) is 0. The van der Waals surface area contributed by atoms with Crippen LogP contribution in [0.25, 0.3) is 26.1 Å². The molecule has 1 aromatic heterocycles. The van der Waals surface area contributed by atoms with Crippen molar-refractivity contribution in [2.45, 2.75) is 24.2 Å². The van der Waals surface area contributed by atoms with E-state index in [0.717, 1.165) is 0 Å². The second-order valence-corrected chi connectivity index (χ2v) is 10.8. The van der Waals surface area contributed by atoms with Gasteiger partial charge in [-0.25, -0.2) is 0 Å². The molecule has 24 heavy (non-hydrogen) atoms. The fourth-order valence-corrected chi connectivity index (χ4v) is 7.32. The summed E-state index contributed by atoms with van der Waals surface area (Å²) in [7, 11) is 0. The van der Waals surface area contributed by atoms with E-state index in [1.165, 1.54) is 42.9 Å². The molecule has 0 N–H and O–H groups in total. The number of unbranched alkanes of at least 4 members (excludes halogenated alkanes) is 1. The van der Waals surface area contributed by atoms with Crippen molar-refractivity contribution in [3.05, 3.63) is 76.4 Å². The molecule has 1 heterocycles. The molecular formula is C22H22SeTe. The molecular weight excluding hydrogens is 471 g/mol. The van der Waals surface area contributed by atoms with Gasteiger partial charge in [0.05, 0.1) is 0 Å². The van der Waals surface area contributed by atoms with Crippen LogP contribution in [0.2, 0.25) is 4.47 Å². The molecule has 0 aliphatic heterocycles. The van der Waals surface area contributed by atoms with Crippen LogP contribution < -0.4 is 0 Å². The van der Waals surface area contributed by atoms with Crippen LogP contribution in [0.4, 0.5) is 0 Å². The van der Waals surface area contributed by atoms with Crippen molar-refractivity contribution in [3.63, 3.8) is 0 Å². The molecule has 0 fully saturated rings. The summed E-state index contributed by atoms with van der Waals surface area (Å²) in [5, 5.41) is 0. The van der Waals surface area contributed by atoms with E-state index in [1.54, 1.807) is 0 Å². The van der Waals surface area contributed by atoms with Gasteiger partial charge < -0.3 is 0 Å². The SMILES string of the molecule is CCCC[Te]/C=C\c1cc(-c2ccccc2)[se]c1-c1ccccc1. The second-order valence-electron chi connectivity index (χ2n) is 5.65. The van der Waals surface area contributed by atoms with Crippen LogP contribution in [-0.2, 0) is 0 Å². The van der Waals surface area contributed by atoms with Crippen molar-refractivity contribution < 1.29 is 0 Å². The van der Waals surface area contributed by atoms with Gasteiger partial charge in [0.1, 0.15) is 0 Å². The summed E-state index contributed by atoms with van der Waals surface area (Å²) in [5.74, 6) is 0. The first kappa shape index (κ1) is 17.8. The van der Waals surface area contributed by atoms with Gasteiger partial charge in [0.25, 0.3) is 0 Å².